The van der Waals surface area contributed by atoms with Gasteiger partial charge in [-0.05, 0) is 17.3 Å². The van der Waals surface area contributed by atoms with E-state index < -0.39 is 0 Å². The first kappa shape index (κ1) is 6.90. The Balaban J connectivity index is 2.81. The number of fused-ring (bicyclic) bond motifs is 1. The lowest BCUT2D eigenvalue weighted by Gasteiger charge is -1.97. The number of aromatic nitrogens is 3. The zero-order valence-corrected chi connectivity index (χ0v) is 6.43. The van der Waals surface area contributed by atoms with Gasteiger partial charge in [0.1, 0.15) is 11.3 Å². The minimum atomic E-state index is 0.536. The van der Waals surface area contributed by atoms with Crippen LogP contribution in [0.1, 0.15) is 0 Å². The molecule has 1 aromatic heterocycles. The fourth-order valence-electron chi connectivity index (χ4n) is 1.07. The zero-order chi connectivity index (χ0) is 8.55. The lowest BCUT2D eigenvalue weighted by atomic mass is 10.3. The van der Waals surface area contributed by atoms with E-state index in [9.17, 15) is 0 Å². The second-order valence-electron chi connectivity index (χ2n) is 2.31. The quantitative estimate of drug-likeness (QED) is 0.631. The number of hydrogen-bond acceptors (Lipinski definition) is 4. The van der Waals surface area contributed by atoms with E-state index in [-0.39, 0.29) is 0 Å². The Morgan fingerprint density at radius 1 is 1.50 bits per heavy atom. The molecule has 2 rings (SSSR count). The van der Waals surface area contributed by atoms with Crippen LogP contribution in [-0.4, -0.2) is 27.5 Å². The van der Waals surface area contributed by atoms with Crippen molar-refractivity contribution in [2.45, 2.75) is 0 Å². The molecule has 1 aromatic carbocycles. The zero-order valence-electron chi connectivity index (χ0n) is 6.43. The van der Waals surface area contributed by atoms with Crippen LogP contribution in [0.15, 0.2) is 18.2 Å². The van der Waals surface area contributed by atoms with E-state index in [1.165, 1.54) is 0 Å². The second kappa shape index (κ2) is 2.37. The molecule has 0 fully saturated rings. The molecule has 0 saturated heterocycles. The third kappa shape index (κ3) is 0.795. The van der Waals surface area contributed by atoms with Gasteiger partial charge in [0, 0.05) is 0 Å². The monoisotopic (exact) mass is 165 g/mol. The van der Waals surface area contributed by atoms with Gasteiger partial charge in [-0.2, -0.15) is 0 Å². The molecule has 1 heterocycles. The number of rotatable bonds is 1. The molecule has 0 aliphatic rings. The summed E-state index contributed by atoms with van der Waals surface area (Å²) in [5.41, 5.74) is 1.09. The maximum absolute atomic E-state index is 9.12. The molecular weight excluding hydrogens is 158 g/mol. The van der Waals surface area contributed by atoms with E-state index in [2.05, 4.69) is 10.3 Å². The molecule has 5 nitrogen and oxygen atoms in total. The summed E-state index contributed by atoms with van der Waals surface area (Å²) in [6.45, 7) is 0. The highest BCUT2D eigenvalue weighted by Crippen LogP contribution is 2.21. The van der Waals surface area contributed by atoms with Crippen LogP contribution in [0.4, 0.5) is 0 Å². The Hall–Kier alpha value is -1.78. The van der Waals surface area contributed by atoms with Crippen LogP contribution >= 0.6 is 0 Å². The molecule has 62 valence electrons. The summed E-state index contributed by atoms with van der Waals surface area (Å²) < 4.78 is 5.01. The van der Waals surface area contributed by atoms with Gasteiger partial charge in [0.2, 0.25) is 0 Å². The minimum Gasteiger partial charge on any atom is -0.494 e. The van der Waals surface area contributed by atoms with Crippen molar-refractivity contribution in [3.05, 3.63) is 18.2 Å². The third-order valence-corrected chi connectivity index (χ3v) is 1.64. The van der Waals surface area contributed by atoms with Crippen molar-refractivity contribution < 1.29 is 9.94 Å². The Morgan fingerprint density at radius 3 is 3.08 bits per heavy atom. The van der Waals surface area contributed by atoms with Gasteiger partial charge in [0.05, 0.1) is 7.11 Å². The van der Waals surface area contributed by atoms with E-state index in [0.717, 1.165) is 4.85 Å². The molecule has 12 heavy (non-hydrogen) atoms. The molecule has 0 atom stereocenters. The molecule has 0 amide bonds. The van der Waals surface area contributed by atoms with Crippen LogP contribution in [0.3, 0.4) is 0 Å². The second-order valence-corrected chi connectivity index (χ2v) is 2.31. The van der Waals surface area contributed by atoms with Crippen LogP contribution in [0.5, 0.6) is 5.75 Å². The standard InChI is InChI=1S/C7H7N3O2/c1-12-6-4-2-3-5-7(6)8-9-10(5)11/h2-4,11H,1H3. The number of nitrogens with zero attached hydrogens (tertiary/aromatic N) is 3. The maximum Gasteiger partial charge on any atom is 0.158 e. The molecule has 5 heteroatoms. The Morgan fingerprint density at radius 2 is 2.33 bits per heavy atom. The predicted octanol–water partition coefficient (Wildman–Crippen LogP) is 0.677. The van der Waals surface area contributed by atoms with Gasteiger partial charge in [-0.3, -0.25) is 0 Å². The molecule has 0 saturated carbocycles. The third-order valence-electron chi connectivity index (χ3n) is 1.64. The fourth-order valence-corrected chi connectivity index (χ4v) is 1.07. The van der Waals surface area contributed by atoms with E-state index in [4.69, 9.17) is 9.94 Å². The van der Waals surface area contributed by atoms with Crippen molar-refractivity contribution in [1.29, 1.82) is 0 Å². The van der Waals surface area contributed by atoms with Crippen molar-refractivity contribution in [3.63, 3.8) is 0 Å². The number of methoxy groups -OCH3 is 1. The average molecular weight is 165 g/mol. The number of ether oxygens (including phenoxy) is 1. The molecule has 1 N–H and O–H groups in total. The van der Waals surface area contributed by atoms with Gasteiger partial charge >= 0.3 is 0 Å². The highest BCUT2D eigenvalue weighted by molar-refractivity contribution is 5.80. The smallest absolute Gasteiger partial charge is 0.158 e. The van der Waals surface area contributed by atoms with Crippen molar-refractivity contribution >= 4 is 11.0 Å². The summed E-state index contributed by atoms with van der Waals surface area (Å²) in [4.78, 5) is 0.720. The molecule has 2 aromatic rings. The molecule has 0 radical (unpaired) electrons. The molecule has 0 spiro atoms. The summed E-state index contributed by atoms with van der Waals surface area (Å²) in [6, 6.07) is 5.23. The van der Waals surface area contributed by atoms with Crippen LogP contribution < -0.4 is 4.74 Å². The van der Waals surface area contributed by atoms with Crippen LogP contribution in [0.25, 0.3) is 11.0 Å². The largest absolute Gasteiger partial charge is 0.494 e. The Kier molecular flexibility index (Phi) is 1.36. The highest BCUT2D eigenvalue weighted by atomic mass is 16.5. The van der Waals surface area contributed by atoms with E-state index >= 15 is 0 Å². The topological polar surface area (TPSA) is 60.2 Å². The van der Waals surface area contributed by atoms with Gasteiger partial charge in [0.15, 0.2) is 5.52 Å². The predicted molar refractivity (Wildman–Crippen MR) is 41.3 cm³/mol. The molecule has 0 bridgehead atoms. The first-order valence-electron chi connectivity index (χ1n) is 3.40. The first-order valence-corrected chi connectivity index (χ1v) is 3.40. The summed E-state index contributed by atoms with van der Waals surface area (Å²) in [5.74, 6) is 0.604. The highest BCUT2D eigenvalue weighted by Gasteiger charge is 2.06. The SMILES string of the molecule is COc1cccc2c1nnn2O. The van der Waals surface area contributed by atoms with Gasteiger partial charge in [-0.1, -0.05) is 10.9 Å². The molecule has 0 aliphatic heterocycles. The summed E-state index contributed by atoms with van der Waals surface area (Å²) >= 11 is 0. The van der Waals surface area contributed by atoms with Crippen molar-refractivity contribution in [2.24, 2.45) is 0 Å². The lowest BCUT2D eigenvalue weighted by Crippen LogP contribution is -1.91. The maximum atomic E-state index is 9.12. The van der Waals surface area contributed by atoms with Gasteiger partial charge in [-0.25, -0.2) is 0 Å². The summed E-state index contributed by atoms with van der Waals surface area (Å²) in [6.07, 6.45) is 0. The Labute approximate surface area is 68.1 Å². The first-order chi connectivity index (χ1) is 5.83. The average Bonchev–Trinajstić information content (AvgIpc) is 2.48. The van der Waals surface area contributed by atoms with E-state index in [1.807, 2.05) is 0 Å². The lowest BCUT2D eigenvalue weighted by molar-refractivity contribution is 0.155. The van der Waals surface area contributed by atoms with Crippen LogP contribution in [0.2, 0.25) is 0 Å². The minimum absolute atomic E-state index is 0.536. The molecular formula is C7H7N3O2. The van der Waals surface area contributed by atoms with Gasteiger partial charge in [0.25, 0.3) is 0 Å². The normalized spacial score (nSPS) is 10.4. The van der Waals surface area contributed by atoms with Crippen molar-refractivity contribution in [1.82, 2.24) is 15.2 Å². The number of hydrogen-bond donors (Lipinski definition) is 1. The summed E-state index contributed by atoms with van der Waals surface area (Å²) in [7, 11) is 1.55. The van der Waals surface area contributed by atoms with Gasteiger partial charge < -0.3 is 9.94 Å². The van der Waals surface area contributed by atoms with Crippen molar-refractivity contribution in [3.8, 4) is 5.75 Å². The molecule has 0 unspecified atom stereocenters. The van der Waals surface area contributed by atoms with E-state index in [1.54, 1.807) is 25.3 Å². The Bertz CT molecular complexity index is 410. The van der Waals surface area contributed by atoms with Crippen molar-refractivity contribution in [2.75, 3.05) is 7.11 Å². The number of benzene rings is 1. The fraction of sp³-hybridized carbons (Fsp3) is 0.143. The van der Waals surface area contributed by atoms with Crippen LogP contribution in [0, 0.1) is 0 Å². The van der Waals surface area contributed by atoms with Crippen LogP contribution in [-0.2, 0) is 0 Å². The molecule has 0 aliphatic carbocycles. The summed E-state index contributed by atoms with van der Waals surface area (Å²) in [5, 5.41) is 16.3. The van der Waals surface area contributed by atoms with Gasteiger partial charge in [-0.15, -0.1) is 5.10 Å². The van der Waals surface area contributed by atoms with E-state index in [0.29, 0.717) is 16.8 Å².